The molecule has 0 fully saturated rings. The van der Waals surface area contributed by atoms with Crippen molar-refractivity contribution >= 4 is 34.1 Å². The summed E-state index contributed by atoms with van der Waals surface area (Å²) in [5, 5.41) is 6.26. The highest BCUT2D eigenvalue weighted by molar-refractivity contribution is 6.36. The molecule has 2 N–H and O–H groups in total. The maximum Gasteiger partial charge on any atom is 0.0761 e. The third kappa shape index (κ3) is 2.14. The minimum atomic E-state index is 0.0117. The number of rotatable bonds is 1. The topological polar surface area (TPSA) is 27.8 Å². The first-order valence-electron chi connectivity index (χ1n) is 7.43. The molecule has 1 aromatic heterocycles. The molecule has 0 radical (unpaired) electrons. The zero-order valence-corrected chi connectivity index (χ0v) is 13.7. The van der Waals surface area contributed by atoms with Gasteiger partial charge in [0.15, 0.2) is 0 Å². The van der Waals surface area contributed by atoms with Crippen LogP contribution >= 0.6 is 23.2 Å². The van der Waals surface area contributed by atoms with Crippen molar-refractivity contribution in [2.45, 2.75) is 19.4 Å². The van der Waals surface area contributed by atoms with E-state index in [1.54, 1.807) is 0 Å². The Labute approximate surface area is 139 Å². The molecule has 1 atom stereocenters. The molecule has 2 aromatic carbocycles. The second kappa shape index (κ2) is 5.31. The molecule has 0 saturated carbocycles. The van der Waals surface area contributed by atoms with E-state index in [1.807, 2.05) is 18.2 Å². The number of nitrogens with one attached hydrogen (secondary N) is 2. The summed E-state index contributed by atoms with van der Waals surface area (Å²) in [6, 6.07) is 12.2. The van der Waals surface area contributed by atoms with Crippen LogP contribution in [0.2, 0.25) is 10.0 Å². The van der Waals surface area contributed by atoms with E-state index < -0.39 is 0 Å². The Morgan fingerprint density at radius 3 is 2.64 bits per heavy atom. The number of aromatic amines is 1. The molecule has 112 valence electrons. The summed E-state index contributed by atoms with van der Waals surface area (Å²) in [6.07, 6.45) is 1.01. The van der Waals surface area contributed by atoms with Crippen molar-refractivity contribution in [3.63, 3.8) is 0 Å². The van der Waals surface area contributed by atoms with Crippen LogP contribution in [0.1, 0.15) is 28.4 Å². The summed E-state index contributed by atoms with van der Waals surface area (Å²) in [4.78, 5) is 3.57. The predicted molar refractivity (Wildman–Crippen MR) is 93.0 cm³/mol. The van der Waals surface area contributed by atoms with Crippen LogP contribution in [0.25, 0.3) is 10.9 Å². The summed E-state index contributed by atoms with van der Waals surface area (Å²) in [7, 11) is 0. The first-order chi connectivity index (χ1) is 10.6. The van der Waals surface area contributed by atoms with E-state index in [0.717, 1.165) is 18.5 Å². The Balaban J connectivity index is 1.95. The second-order valence-electron chi connectivity index (χ2n) is 5.84. The van der Waals surface area contributed by atoms with Crippen LogP contribution in [0, 0.1) is 6.92 Å². The van der Waals surface area contributed by atoms with E-state index in [-0.39, 0.29) is 6.04 Å². The third-order valence-corrected chi connectivity index (χ3v) is 5.05. The molecule has 4 rings (SSSR count). The van der Waals surface area contributed by atoms with E-state index in [0.29, 0.717) is 10.0 Å². The summed E-state index contributed by atoms with van der Waals surface area (Å²) in [6.45, 7) is 3.04. The van der Waals surface area contributed by atoms with Crippen LogP contribution in [0.4, 0.5) is 0 Å². The number of halogens is 2. The standard InChI is InChI=1S/C18H16Cl2N2/c1-10-5-6-15-12(9-10)11-7-8-21-18(17(11)22-15)16-13(19)3-2-4-14(16)20/h2-6,9,18,21-22H,7-8H2,1H3. The quantitative estimate of drug-likeness (QED) is 0.644. The molecule has 2 heterocycles. The Morgan fingerprint density at radius 1 is 1.09 bits per heavy atom. The van der Waals surface area contributed by atoms with Gasteiger partial charge in [-0.3, -0.25) is 0 Å². The second-order valence-corrected chi connectivity index (χ2v) is 6.65. The van der Waals surface area contributed by atoms with Crippen molar-refractivity contribution in [1.29, 1.82) is 0 Å². The molecule has 1 aliphatic heterocycles. The average Bonchev–Trinajstić information content (AvgIpc) is 2.86. The monoisotopic (exact) mass is 330 g/mol. The van der Waals surface area contributed by atoms with Crippen molar-refractivity contribution < 1.29 is 0 Å². The van der Waals surface area contributed by atoms with Crippen LogP contribution in [0.5, 0.6) is 0 Å². The fourth-order valence-corrected chi connectivity index (χ4v) is 3.99. The maximum atomic E-state index is 6.41. The van der Waals surface area contributed by atoms with E-state index in [2.05, 4.69) is 35.4 Å². The summed E-state index contributed by atoms with van der Waals surface area (Å²) < 4.78 is 0. The van der Waals surface area contributed by atoms with Crippen molar-refractivity contribution in [3.05, 3.63) is 68.8 Å². The van der Waals surface area contributed by atoms with Gasteiger partial charge in [-0.2, -0.15) is 0 Å². The summed E-state index contributed by atoms with van der Waals surface area (Å²) in [5.74, 6) is 0. The van der Waals surface area contributed by atoms with Gasteiger partial charge < -0.3 is 10.3 Å². The van der Waals surface area contributed by atoms with E-state index in [4.69, 9.17) is 23.2 Å². The molecule has 0 amide bonds. The van der Waals surface area contributed by atoms with E-state index in [1.165, 1.54) is 27.7 Å². The molecule has 1 unspecified atom stereocenters. The van der Waals surface area contributed by atoms with Crippen LogP contribution in [-0.4, -0.2) is 11.5 Å². The minimum Gasteiger partial charge on any atom is -0.357 e. The highest BCUT2D eigenvalue weighted by atomic mass is 35.5. The van der Waals surface area contributed by atoms with Gasteiger partial charge in [0.05, 0.1) is 6.04 Å². The van der Waals surface area contributed by atoms with Gasteiger partial charge in [-0.15, -0.1) is 0 Å². The molecule has 0 saturated heterocycles. The molecule has 3 aromatic rings. The van der Waals surface area contributed by atoms with Crippen LogP contribution in [0.3, 0.4) is 0 Å². The van der Waals surface area contributed by atoms with Crippen LogP contribution in [-0.2, 0) is 6.42 Å². The molecule has 0 spiro atoms. The van der Waals surface area contributed by atoms with Gasteiger partial charge in [0, 0.05) is 38.8 Å². The number of aromatic nitrogens is 1. The molecule has 0 aliphatic carbocycles. The third-order valence-electron chi connectivity index (χ3n) is 4.40. The zero-order valence-electron chi connectivity index (χ0n) is 12.2. The molecular weight excluding hydrogens is 315 g/mol. The van der Waals surface area contributed by atoms with Gasteiger partial charge in [-0.25, -0.2) is 0 Å². The summed E-state index contributed by atoms with van der Waals surface area (Å²) >= 11 is 12.8. The largest absolute Gasteiger partial charge is 0.357 e. The summed E-state index contributed by atoms with van der Waals surface area (Å²) in [5.41, 5.74) is 5.96. The zero-order chi connectivity index (χ0) is 15.3. The van der Waals surface area contributed by atoms with E-state index >= 15 is 0 Å². The first kappa shape index (κ1) is 14.1. The molecule has 1 aliphatic rings. The maximum absolute atomic E-state index is 6.41. The number of H-pyrrole nitrogens is 1. The van der Waals surface area contributed by atoms with Crippen LogP contribution in [0.15, 0.2) is 36.4 Å². The van der Waals surface area contributed by atoms with Gasteiger partial charge in [-0.1, -0.05) is 40.9 Å². The van der Waals surface area contributed by atoms with Gasteiger partial charge >= 0.3 is 0 Å². The fourth-order valence-electron chi connectivity index (χ4n) is 3.37. The lowest BCUT2D eigenvalue weighted by Gasteiger charge is -2.26. The fraction of sp³-hybridized carbons (Fsp3) is 0.222. The number of hydrogen-bond acceptors (Lipinski definition) is 1. The highest BCUT2D eigenvalue weighted by Gasteiger charge is 2.28. The first-order valence-corrected chi connectivity index (χ1v) is 8.19. The Hall–Kier alpha value is -1.48. The van der Waals surface area contributed by atoms with Crippen molar-refractivity contribution in [2.24, 2.45) is 0 Å². The normalized spacial score (nSPS) is 17.7. The number of aryl methyl sites for hydroxylation is 1. The smallest absolute Gasteiger partial charge is 0.0761 e. The van der Waals surface area contributed by atoms with Crippen molar-refractivity contribution in [2.75, 3.05) is 6.54 Å². The highest BCUT2D eigenvalue weighted by Crippen LogP contribution is 2.39. The number of benzene rings is 2. The van der Waals surface area contributed by atoms with Gasteiger partial charge in [0.25, 0.3) is 0 Å². The Kier molecular flexibility index (Phi) is 3.41. The average molecular weight is 331 g/mol. The predicted octanol–water partition coefficient (Wildman–Crippen LogP) is 5.02. The van der Waals surface area contributed by atoms with Crippen molar-refractivity contribution in [3.8, 4) is 0 Å². The number of fused-ring (bicyclic) bond motifs is 3. The minimum absolute atomic E-state index is 0.0117. The lowest BCUT2D eigenvalue weighted by molar-refractivity contribution is 0.560. The number of hydrogen-bond donors (Lipinski definition) is 2. The van der Waals surface area contributed by atoms with Crippen LogP contribution < -0.4 is 5.32 Å². The molecule has 22 heavy (non-hydrogen) atoms. The molecular formula is C18H16Cl2N2. The van der Waals surface area contributed by atoms with Gasteiger partial charge in [0.1, 0.15) is 0 Å². The SMILES string of the molecule is Cc1ccc2[nH]c3c(c2c1)CCNC3c1c(Cl)cccc1Cl. The van der Waals surface area contributed by atoms with E-state index in [9.17, 15) is 0 Å². The lowest BCUT2D eigenvalue weighted by atomic mass is 9.94. The van der Waals surface area contributed by atoms with Gasteiger partial charge in [0.2, 0.25) is 0 Å². The molecule has 2 nitrogen and oxygen atoms in total. The molecule has 0 bridgehead atoms. The lowest BCUT2D eigenvalue weighted by Crippen LogP contribution is -2.30. The molecule has 4 heteroatoms. The Morgan fingerprint density at radius 2 is 1.86 bits per heavy atom. The van der Waals surface area contributed by atoms with Gasteiger partial charge in [-0.05, 0) is 43.2 Å². The van der Waals surface area contributed by atoms with Crippen molar-refractivity contribution in [1.82, 2.24) is 10.3 Å². The Bertz CT molecular complexity index is 847.